The van der Waals surface area contributed by atoms with Crippen LogP contribution in [0.25, 0.3) is 0 Å². The van der Waals surface area contributed by atoms with E-state index in [0.29, 0.717) is 0 Å². The lowest BCUT2D eigenvalue weighted by atomic mass is 10.4. The summed E-state index contributed by atoms with van der Waals surface area (Å²) < 4.78 is 17.2. The molecule has 0 amide bonds. The van der Waals surface area contributed by atoms with Gasteiger partial charge in [0.15, 0.2) is 8.32 Å². The zero-order valence-electron chi connectivity index (χ0n) is 10.0. The molecule has 0 aromatic carbocycles. The lowest BCUT2D eigenvalue weighted by Crippen LogP contribution is -2.42. The Kier molecular flexibility index (Phi) is 6.32. The zero-order valence-corrected chi connectivity index (χ0v) is 13.2. The van der Waals surface area contributed by atoms with Crippen LogP contribution in [0.4, 0.5) is 0 Å². The lowest BCUT2D eigenvalue weighted by Gasteiger charge is -2.31. The number of hydrogen-bond acceptors (Lipinski definition) is 3. The van der Waals surface area contributed by atoms with Crippen LogP contribution in [0.2, 0.25) is 25.2 Å². The van der Waals surface area contributed by atoms with Crippen molar-refractivity contribution in [2.24, 2.45) is 0 Å². The molecule has 1 aliphatic rings. The van der Waals surface area contributed by atoms with Gasteiger partial charge in [-0.1, -0.05) is 19.8 Å². The fourth-order valence-corrected chi connectivity index (χ4v) is 10.1. The molecular weight excluding hydrogens is 240 g/mol. The Morgan fingerprint density at radius 1 is 1.40 bits per heavy atom. The van der Waals surface area contributed by atoms with Crippen molar-refractivity contribution in [3.8, 4) is 0 Å². The molecule has 2 atom stereocenters. The summed E-state index contributed by atoms with van der Waals surface area (Å²) in [4.78, 5) is 0. The minimum absolute atomic E-state index is 0.200. The molecule has 3 nitrogen and oxygen atoms in total. The van der Waals surface area contributed by atoms with Crippen LogP contribution in [-0.4, -0.2) is 34.2 Å². The highest BCUT2D eigenvalue weighted by Crippen LogP contribution is 2.23. The summed E-state index contributed by atoms with van der Waals surface area (Å²) in [6.45, 7) is 7.60. The van der Waals surface area contributed by atoms with Gasteiger partial charge < -0.3 is 12.7 Å². The fraction of sp³-hybridized carbons (Fsp3) is 1.00. The van der Waals surface area contributed by atoms with Crippen LogP contribution in [0.3, 0.4) is 0 Å². The molecule has 0 bridgehead atoms. The van der Waals surface area contributed by atoms with E-state index >= 15 is 0 Å². The molecule has 1 heterocycles. The topological polar surface area (TPSA) is 27.7 Å². The fourth-order valence-electron chi connectivity index (χ4n) is 2.01. The standard InChI is InChI=1S/C9H22O3Si3/c1-4-8-15(3)9-6-5-7-10-13-11-14(2)12-15/h14H,4-9H2,1-3H3. The van der Waals surface area contributed by atoms with Gasteiger partial charge in [0, 0.05) is 6.61 Å². The molecule has 2 radical (unpaired) electrons. The third kappa shape index (κ3) is 5.41. The number of hydrogen-bond donors (Lipinski definition) is 0. The van der Waals surface area contributed by atoms with Crippen LogP contribution in [0.15, 0.2) is 0 Å². The third-order valence-electron chi connectivity index (χ3n) is 2.70. The minimum atomic E-state index is -1.45. The molecule has 6 heteroatoms. The number of rotatable bonds is 2. The van der Waals surface area contributed by atoms with E-state index in [4.69, 9.17) is 12.7 Å². The summed E-state index contributed by atoms with van der Waals surface area (Å²) in [5, 5.41) is 0. The summed E-state index contributed by atoms with van der Waals surface area (Å²) in [5.41, 5.74) is 0. The van der Waals surface area contributed by atoms with Crippen molar-refractivity contribution in [1.29, 1.82) is 0 Å². The van der Waals surface area contributed by atoms with Gasteiger partial charge >= 0.3 is 10.0 Å². The van der Waals surface area contributed by atoms with Gasteiger partial charge in [0.1, 0.15) is 0 Å². The maximum Gasteiger partial charge on any atom is 0.423 e. The molecule has 1 aliphatic heterocycles. The highest BCUT2D eigenvalue weighted by Gasteiger charge is 2.30. The van der Waals surface area contributed by atoms with Crippen LogP contribution in [-0.2, 0) is 12.7 Å². The SMILES string of the molecule is CCC[Si]1(C)CCCCO[Si]O[SiH](C)O1. The van der Waals surface area contributed by atoms with E-state index in [-0.39, 0.29) is 10.0 Å². The Morgan fingerprint density at radius 3 is 2.93 bits per heavy atom. The first-order valence-electron chi connectivity index (χ1n) is 5.86. The van der Waals surface area contributed by atoms with E-state index < -0.39 is 17.6 Å². The van der Waals surface area contributed by atoms with E-state index in [1.165, 1.54) is 24.9 Å². The van der Waals surface area contributed by atoms with Gasteiger partial charge in [0.05, 0.1) is 0 Å². The lowest BCUT2D eigenvalue weighted by molar-refractivity contribution is 0.266. The van der Waals surface area contributed by atoms with Crippen molar-refractivity contribution >= 4 is 27.6 Å². The highest BCUT2D eigenvalue weighted by molar-refractivity contribution is 6.78. The maximum absolute atomic E-state index is 6.24. The Labute approximate surface area is 98.5 Å². The second-order valence-electron chi connectivity index (χ2n) is 4.39. The first kappa shape index (κ1) is 13.6. The van der Waals surface area contributed by atoms with E-state index in [1.54, 1.807) is 0 Å². The maximum atomic E-state index is 6.24. The molecule has 0 aromatic rings. The molecule has 15 heavy (non-hydrogen) atoms. The van der Waals surface area contributed by atoms with E-state index in [1.807, 2.05) is 0 Å². The van der Waals surface area contributed by atoms with Gasteiger partial charge in [-0.25, -0.2) is 0 Å². The Hall–Kier alpha value is 0.531. The molecule has 0 spiro atoms. The Morgan fingerprint density at radius 2 is 2.20 bits per heavy atom. The van der Waals surface area contributed by atoms with Crippen molar-refractivity contribution in [3.05, 3.63) is 0 Å². The van der Waals surface area contributed by atoms with Crippen molar-refractivity contribution in [2.45, 2.75) is 51.4 Å². The summed E-state index contributed by atoms with van der Waals surface area (Å²) in [5.74, 6) is 0. The average molecular weight is 263 g/mol. The Bertz CT molecular complexity index is 182. The molecule has 0 saturated carbocycles. The first-order chi connectivity index (χ1) is 7.16. The quantitative estimate of drug-likeness (QED) is 0.714. The van der Waals surface area contributed by atoms with Gasteiger partial charge in [-0.05, 0) is 31.6 Å². The molecule has 0 aliphatic carbocycles. The van der Waals surface area contributed by atoms with Gasteiger partial charge in [0.2, 0.25) is 0 Å². The molecule has 0 N–H and O–H groups in total. The predicted molar refractivity (Wildman–Crippen MR) is 67.6 cm³/mol. The second kappa shape index (κ2) is 6.97. The predicted octanol–water partition coefficient (Wildman–Crippen LogP) is 2.20. The van der Waals surface area contributed by atoms with Gasteiger partial charge in [-0.3, -0.25) is 0 Å². The van der Waals surface area contributed by atoms with E-state index in [9.17, 15) is 0 Å². The van der Waals surface area contributed by atoms with Gasteiger partial charge in [-0.2, -0.15) is 0 Å². The molecular formula is C9H22O3Si3. The Balaban J connectivity index is 2.49. The summed E-state index contributed by atoms with van der Waals surface area (Å²) in [7, 11) is -2.68. The molecule has 1 rings (SSSR count). The average Bonchev–Trinajstić information content (AvgIpc) is 2.16. The molecule has 0 aromatic heterocycles. The van der Waals surface area contributed by atoms with Gasteiger partial charge in [0.25, 0.3) is 9.28 Å². The summed E-state index contributed by atoms with van der Waals surface area (Å²) in [6, 6.07) is 2.55. The van der Waals surface area contributed by atoms with Crippen molar-refractivity contribution in [3.63, 3.8) is 0 Å². The van der Waals surface area contributed by atoms with Crippen molar-refractivity contribution < 1.29 is 12.7 Å². The van der Waals surface area contributed by atoms with Crippen LogP contribution in [0.5, 0.6) is 0 Å². The van der Waals surface area contributed by atoms with Crippen molar-refractivity contribution in [2.75, 3.05) is 6.61 Å². The zero-order chi connectivity index (χ0) is 11.1. The van der Waals surface area contributed by atoms with Crippen LogP contribution >= 0.6 is 0 Å². The summed E-state index contributed by atoms with van der Waals surface area (Å²) in [6.07, 6.45) is 3.65. The molecule has 88 valence electrons. The highest BCUT2D eigenvalue weighted by atomic mass is 28.4. The third-order valence-corrected chi connectivity index (χ3v) is 11.3. The van der Waals surface area contributed by atoms with Gasteiger partial charge in [-0.15, -0.1) is 0 Å². The smallest absolute Gasteiger partial charge is 0.423 e. The second-order valence-corrected chi connectivity index (χ2v) is 11.8. The monoisotopic (exact) mass is 262 g/mol. The molecule has 1 fully saturated rings. The summed E-state index contributed by atoms with van der Waals surface area (Å²) >= 11 is 0. The minimum Gasteiger partial charge on any atom is -0.438 e. The van der Waals surface area contributed by atoms with Crippen LogP contribution in [0.1, 0.15) is 26.2 Å². The van der Waals surface area contributed by atoms with E-state index in [0.717, 1.165) is 13.0 Å². The van der Waals surface area contributed by atoms with Crippen molar-refractivity contribution in [1.82, 2.24) is 0 Å². The normalized spacial score (nSPS) is 35.0. The van der Waals surface area contributed by atoms with E-state index in [2.05, 4.69) is 20.0 Å². The van der Waals surface area contributed by atoms with Crippen LogP contribution < -0.4 is 0 Å². The molecule has 1 saturated heterocycles. The first-order valence-corrected chi connectivity index (χ1v) is 11.6. The van der Waals surface area contributed by atoms with Crippen LogP contribution in [0, 0.1) is 0 Å². The largest absolute Gasteiger partial charge is 0.438 e. The molecule has 2 unspecified atom stereocenters.